The van der Waals surface area contributed by atoms with Gasteiger partial charge in [-0.2, -0.15) is 0 Å². The number of aromatic nitrogens is 1. The number of ether oxygens (including phenoxy) is 2. The van der Waals surface area contributed by atoms with E-state index in [0.717, 1.165) is 36.2 Å². The van der Waals surface area contributed by atoms with Gasteiger partial charge in [0.25, 0.3) is 5.91 Å². The largest absolute Gasteiger partial charge is 0.462 e. The second-order valence-electron chi connectivity index (χ2n) is 8.20. The fourth-order valence-corrected chi connectivity index (χ4v) is 7.30. The van der Waals surface area contributed by atoms with Gasteiger partial charge in [0.05, 0.1) is 35.8 Å². The third-order valence-electron chi connectivity index (χ3n) is 5.73. The van der Waals surface area contributed by atoms with Gasteiger partial charge in [-0.05, 0) is 65.9 Å². The molecule has 8 nitrogen and oxygen atoms in total. The number of sulfone groups is 1. The smallest absolute Gasteiger partial charge is 0.338 e. The molecule has 2 atom stereocenters. The monoisotopic (exact) mass is 592 g/mol. The quantitative estimate of drug-likeness (QED) is 0.356. The lowest BCUT2D eigenvalue weighted by Gasteiger charge is -2.21. The molecule has 0 aliphatic heterocycles. The van der Waals surface area contributed by atoms with Gasteiger partial charge in [-0.15, -0.1) is 0 Å². The Bertz CT molecular complexity index is 1340. The van der Waals surface area contributed by atoms with Crippen molar-refractivity contribution in [3.05, 3.63) is 75.2 Å². The summed E-state index contributed by atoms with van der Waals surface area (Å²) in [6.45, 7) is 2.30. The summed E-state index contributed by atoms with van der Waals surface area (Å²) in [4.78, 5) is 29.2. The van der Waals surface area contributed by atoms with Crippen molar-refractivity contribution in [3.63, 3.8) is 0 Å². The molecule has 1 saturated carbocycles. The molecule has 1 aromatic heterocycles. The number of hydrogen-bond donors (Lipinski definition) is 1. The van der Waals surface area contributed by atoms with Gasteiger partial charge >= 0.3 is 5.97 Å². The summed E-state index contributed by atoms with van der Waals surface area (Å²) in [5.41, 5.74) is 1.18. The molecule has 0 bridgehead atoms. The molecule has 1 aliphatic carbocycles. The highest BCUT2D eigenvalue weighted by atomic mass is 79.9. The zero-order chi connectivity index (χ0) is 25.7. The van der Waals surface area contributed by atoms with Crippen LogP contribution in [0.1, 0.15) is 51.8 Å². The lowest BCUT2D eigenvalue weighted by molar-refractivity contribution is 0.0272. The first kappa shape index (κ1) is 26.5. The van der Waals surface area contributed by atoms with Crippen molar-refractivity contribution in [2.75, 3.05) is 6.61 Å². The first-order chi connectivity index (χ1) is 17.3. The molecule has 4 rings (SSSR count). The van der Waals surface area contributed by atoms with Gasteiger partial charge in [0.15, 0.2) is 0 Å². The average Bonchev–Trinajstić information content (AvgIpc) is 3.50. The van der Waals surface area contributed by atoms with E-state index in [1.165, 1.54) is 24.3 Å². The number of nitrogens with zero attached hydrogens (tertiary/aromatic N) is 1. The maximum absolute atomic E-state index is 13.2. The Hall–Kier alpha value is -2.60. The summed E-state index contributed by atoms with van der Waals surface area (Å²) >= 11 is 4.01. The van der Waals surface area contributed by atoms with Crippen molar-refractivity contribution in [3.8, 4) is 0 Å². The van der Waals surface area contributed by atoms with E-state index in [4.69, 9.17) is 9.47 Å². The van der Waals surface area contributed by atoms with Gasteiger partial charge in [0.1, 0.15) is 9.48 Å². The van der Waals surface area contributed by atoms with E-state index in [0.29, 0.717) is 6.61 Å². The molecule has 2 aromatic carbocycles. The molecule has 1 heterocycles. The number of halogens is 1. The lowest BCUT2D eigenvalue weighted by Crippen LogP contribution is -2.40. The fourth-order valence-electron chi connectivity index (χ4n) is 3.95. The van der Waals surface area contributed by atoms with Crippen molar-refractivity contribution in [2.24, 2.45) is 0 Å². The molecule has 1 fully saturated rings. The molecule has 1 amide bonds. The number of carbonyl (C=O) groups is 2. The van der Waals surface area contributed by atoms with Crippen LogP contribution in [0.15, 0.2) is 68.4 Å². The highest BCUT2D eigenvalue weighted by Crippen LogP contribution is 2.32. The SMILES string of the molecule is CCOC(=O)c1cccc(S(=O)(=O)c2nc(Br)c(C(=O)NC3CCCC3OCc3ccccc3)s2)c1. The summed E-state index contributed by atoms with van der Waals surface area (Å²) in [7, 11) is -4.06. The highest BCUT2D eigenvalue weighted by molar-refractivity contribution is 9.10. The molecule has 11 heteroatoms. The van der Waals surface area contributed by atoms with Crippen LogP contribution in [0.3, 0.4) is 0 Å². The van der Waals surface area contributed by atoms with E-state index in [9.17, 15) is 18.0 Å². The Balaban J connectivity index is 1.47. The minimum Gasteiger partial charge on any atom is -0.462 e. The van der Waals surface area contributed by atoms with E-state index in [1.54, 1.807) is 6.92 Å². The zero-order valence-electron chi connectivity index (χ0n) is 19.5. The van der Waals surface area contributed by atoms with Gasteiger partial charge in [-0.1, -0.05) is 47.7 Å². The normalized spacial score (nSPS) is 17.6. The summed E-state index contributed by atoms with van der Waals surface area (Å²) < 4.78 is 37.3. The minimum absolute atomic E-state index is 0.105. The molecular formula is C25H25BrN2O6S2. The van der Waals surface area contributed by atoms with E-state index in [1.807, 2.05) is 30.3 Å². The van der Waals surface area contributed by atoms with Crippen LogP contribution < -0.4 is 5.32 Å². The van der Waals surface area contributed by atoms with Crippen LogP contribution in [0.2, 0.25) is 0 Å². The fraction of sp³-hybridized carbons (Fsp3) is 0.320. The highest BCUT2D eigenvalue weighted by Gasteiger charge is 2.32. The Kier molecular flexibility index (Phi) is 8.55. The van der Waals surface area contributed by atoms with E-state index in [2.05, 4.69) is 26.2 Å². The van der Waals surface area contributed by atoms with Crippen molar-refractivity contribution in [1.82, 2.24) is 10.3 Å². The van der Waals surface area contributed by atoms with Gasteiger partial charge < -0.3 is 14.8 Å². The van der Waals surface area contributed by atoms with Gasteiger partial charge in [0.2, 0.25) is 14.2 Å². The van der Waals surface area contributed by atoms with Crippen LogP contribution in [0, 0.1) is 0 Å². The number of amides is 1. The third kappa shape index (κ3) is 6.03. The molecule has 3 aromatic rings. The van der Waals surface area contributed by atoms with Crippen LogP contribution in [0.25, 0.3) is 0 Å². The van der Waals surface area contributed by atoms with Crippen LogP contribution >= 0.6 is 27.3 Å². The van der Waals surface area contributed by atoms with Crippen molar-refractivity contribution < 1.29 is 27.5 Å². The molecule has 1 aliphatic rings. The van der Waals surface area contributed by atoms with Crippen molar-refractivity contribution in [1.29, 1.82) is 0 Å². The number of hydrogen-bond acceptors (Lipinski definition) is 8. The van der Waals surface area contributed by atoms with Crippen molar-refractivity contribution in [2.45, 2.75) is 54.2 Å². The van der Waals surface area contributed by atoms with Crippen LogP contribution in [0.4, 0.5) is 0 Å². The molecule has 190 valence electrons. The maximum atomic E-state index is 13.2. The average molecular weight is 594 g/mol. The first-order valence-electron chi connectivity index (χ1n) is 11.4. The van der Waals surface area contributed by atoms with E-state index < -0.39 is 21.7 Å². The number of rotatable bonds is 9. The summed E-state index contributed by atoms with van der Waals surface area (Å²) in [5.74, 6) is -1.03. The summed E-state index contributed by atoms with van der Waals surface area (Å²) in [6.07, 6.45) is 2.39. The first-order valence-corrected chi connectivity index (χ1v) is 14.5. The predicted molar refractivity (Wildman–Crippen MR) is 138 cm³/mol. The van der Waals surface area contributed by atoms with Gasteiger partial charge in [0, 0.05) is 0 Å². The Morgan fingerprint density at radius 2 is 1.92 bits per heavy atom. The third-order valence-corrected chi connectivity index (χ3v) is 9.75. The topological polar surface area (TPSA) is 112 Å². The standard InChI is InChI=1S/C25H25BrN2O6S2/c1-2-33-24(30)17-10-6-11-18(14-17)36(31,32)25-28-22(26)21(35-25)23(29)27-19-12-7-13-20(19)34-15-16-8-4-3-5-9-16/h3-6,8-11,14,19-20H,2,7,12-13,15H2,1H3,(H,27,29). The number of nitrogens with one attached hydrogen (secondary N) is 1. The molecule has 36 heavy (non-hydrogen) atoms. The Morgan fingerprint density at radius 1 is 1.14 bits per heavy atom. The number of esters is 1. The summed E-state index contributed by atoms with van der Waals surface area (Å²) in [6, 6.07) is 15.2. The second-order valence-corrected chi connectivity index (χ2v) is 12.1. The summed E-state index contributed by atoms with van der Waals surface area (Å²) in [5, 5.41) is 2.99. The molecule has 1 N–H and O–H groups in total. The number of benzene rings is 2. The molecule has 0 spiro atoms. The van der Waals surface area contributed by atoms with Crippen LogP contribution in [-0.2, 0) is 25.9 Å². The molecule has 0 saturated heterocycles. The number of thiazole rings is 1. The van der Waals surface area contributed by atoms with E-state index in [-0.39, 0.29) is 43.0 Å². The number of carbonyl (C=O) groups excluding carboxylic acids is 2. The lowest BCUT2D eigenvalue weighted by atomic mass is 10.2. The molecule has 0 radical (unpaired) electrons. The van der Waals surface area contributed by atoms with Gasteiger partial charge in [-0.25, -0.2) is 18.2 Å². The van der Waals surface area contributed by atoms with Crippen LogP contribution in [-0.4, -0.2) is 44.0 Å². The Morgan fingerprint density at radius 3 is 2.67 bits per heavy atom. The zero-order valence-corrected chi connectivity index (χ0v) is 22.7. The van der Waals surface area contributed by atoms with Crippen LogP contribution in [0.5, 0.6) is 0 Å². The van der Waals surface area contributed by atoms with E-state index >= 15 is 0 Å². The Labute approximate surface area is 222 Å². The second kappa shape index (κ2) is 11.6. The predicted octanol–water partition coefficient (Wildman–Crippen LogP) is 4.78. The molecular weight excluding hydrogens is 568 g/mol. The van der Waals surface area contributed by atoms with Crippen molar-refractivity contribution >= 4 is 49.0 Å². The minimum atomic E-state index is -4.06. The maximum Gasteiger partial charge on any atom is 0.338 e. The van der Waals surface area contributed by atoms with Gasteiger partial charge in [-0.3, -0.25) is 4.79 Å². The molecule has 2 unspecified atom stereocenters.